The van der Waals surface area contributed by atoms with E-state index in [-0.39, 0.29) is 6.75 Å². The summed E-state index contributed by atoms with van der Waals surface area (Å²) >= 11 is 5.15. The van der Waals surface area contributed by atoms with Crippen molar-refractivity contribution in [1.29, 1.82) is 0 Å². The van der Waals surface area contributed by atoms with Gasteiger partial charge in [0.2, 0.25) is 0 Å². The van der Waals surface area contributed by atoms with Gasteiger partial charge in [0, 0.05) is 6.42 Å². The number of hydrogen-bond acceptors (Lipinski definition) is 1. The fourth-order valence-corrected chi connectivity index (χ4v) is 2.69. The fourth-order valence-electron chi connectivity index (χ4n) is 0.794. The standard InChI is InChI=1S/C5H9PS/c1-5-3-2-4-6(5)7/h2-4H2,1H3. The Kier molecular flexibility index (Phi) is 1.77. The molecule has 0 aliphatic carbocycles. The summed E-state index contributed by atoms with van der Waals surface area (Å²) in [4.78, 5) is 0. The molecule has 0 radical (unpaired) electrons. The minimum Gasteiger partial charge on any atom is -0.493 e. The summed E-state index contributed by atoms with van der Waals surface area (Å²) in [6.07, 6.45) is 3.99. The van der Waals surface area contributed by atoms with Crippen molar-refractivity contribution >= 4 is 24.3 Å². The first kappa shape index (κ1) is 5.65. The number of rotatable bonds is 0. The van der Waals surface area contributed by atoms with Crippen LogP contribution in [0.5, 0.6) is 0 Å². The zero-order valence-corrected chi connectivity index (χ0v) is 6.19. The van der Waals surface area contributed by atoms with E-state index < -0.39 is 0 Å². The Bertz CT molecular complexity index is 94.6. The molecule has 1 rings (SSSR count). The minimum atomic E-state index is -0.0262. The molecule has 0 bridgehead atoms. The second-order valence-corrected chi connectivity index (χ2v) is 5.23. The van der Waals surface area contributed by atoms with Crippen LogP contribution in [-0.2, 0) is 12.2 Å². The molecule has 0 saturated heterocycles. The van der Waals surface area contributed by atoms with Crippen molar-refractivity contribution in [3.05, 3.63) is 0 Å². The summed E-state index contributed by atoms with van der Waals surface area (Å²) in [6.45, 7) is 2.17. The van der Waals surface area contributed by atoms with E-state index in [0.29, 0.717) is 0 Å². The van der Waals surface area contributed by atoms with Gasteiger partial charge in [-0.05, 0) is 20.1 Å². The molecule has 0 aromatic rings. The summed E-state index contributed by atoms with van der Waals surface area (Å²) in [5.41, 5.74) is 0. The van der Waals surface area contributed by atoms with Gasteiger partial charge in [-0.1, -0.05) is 0 Å². The maximum absolute atomic E-state index is 5.15. The van der Waals surface area contributed by atoms with Crippen molar-refractivity contribution in [2.24, 2.45) is 0 Å². The van der Waals surface area contributed by atoms with Gasteiger partial charge in [-0.3, -0.25) is 0 Å². The van der Waals surface area contributed by atoms with E-state index in [0.717, 1.165) is 0 Å². The third-order valence-corrected chi connectivity index (χ3v) is 4.61. The topological polar surface area (TPSA) is 0 Å². The summed E-state index contributed by atoms with van der Waals surface area (Å²) < 4.78 is 0. The summed E-state index contributed by atoms with van der Waals surface area (Å²) in [7, 11) is 0. The lowest BCUT2D eigenvalue weighted by molar-refractivity contribution is 1.03. The Morgan fingerprint density at radius 2 is 2.43 bits per heavy atom. The van der Waals surface area contributed by atoms with Gasteiger partial charge in [0.05, 0.1) is 11.5 Å². The average molecular weight is 132 g/mol. The highest BCUT2D eigenvalue weighted by Crippen LogP contribution is 2.31. The smallest absolute Gasteiger partial charge is 0.0858 e. The molecule has 0 amide bonds. The zero-order chi connectivity index (χ0) is 5.28. The molecule has 1 unspecified atom stereocenters. The Morgan fingerprint density at radius 1 is 1.71 bits per heavy atom. The maximum Gasteiger partial charge on any atom is 0.0858 e. The third kappa shape index (κ3) is 1.20. The molecule has 7 heavy (non-hydrogen) atoms. The van der Waals surface area contributed by atoms with Crippen LogP contribution in [0.15, 0.2) is 0 Å². The normalized spacial score (nSPS) is 26.6. The van der Waals surface area contributed by atoms with Gasteiger partial charge in [0.25, 0.3) is 0 Å². The monoisotopic (exact) mass is 132 g/mol. The lowest BCUT2D eigenvalue weighted by Crippen LogP contribution is -1.77. The van der Waals surface area contributed by atoms with Gasteiger partial charge in [0.15, 0.2) is 0 Å². The fraction of sp³-hybridized carbons (Fsp3) is 0.800. The zero-order valence-electron chi connectivity index (χ0n) is 4.48. The van der Waals surface area contributed by atoms with Gasteiger partial charge in [-0.15, -0.1) is 0 Å². The molecular formula is C5H9PS. The first-order valence-electron chi connectivity index (χ1n) is 2.58. The van der Waals surface area contributed by atoms with Crippen LogP contribution in [0, 0.1) is 0 Å². The van der Waals surface area contributed by atoms with Crippen LogP contribution in [0.2, 0.25) is 0 Å². The van der Waals surface area contributed by atoms with E-state index in [1.165, 1.54) is 19.0 Å². The van der Waals surface area contributed by atoms with Gasteiger partial charge in [-0.2, -0.15) is 0 Å². The van der Waals surface area contributed by atoms with Crippen LogP contribution < -0.4 is 0 Å². The molecule has 2 heteroatoms. The van der Waals surface area contributed by atoms with E-state index in [4.69, 9.17) is 12.2 Å². The quantitative estimate of drug-likeness (QED) is 0.358. The lowest BCUT2D eigenvalue weighted by Gasteiger charge is -1.87. The molecule has 0 fully saturated rings. The molecule has 40 valence electrons. The molecule has 0 aromatic heterocycles. The van der Waals surface area contributed by atoms with Crippen molar-refractivity contribution < 1.29 is 0 Å². The van der Waals surface area contributed by atoms with E-state index in [1.807, 2.05) is 0 Å². The van der Waals surface area contributed by atoms with Crippen LogP contribution in [0.4, 0.5) is 0 Å². The Morgan fingerprint density at radius 3 is 2.57 bits per heavy atom. The van der Waals surface area contributed by atoms with Gasteiger partial charge in [-0.25, -0.2) is 0 Å². The van der Waals surface area contributed by atoms with E-state index in [2.05, 4.69) is 6.92 Å². The number of hydrogen-bond donors (Lipinski definition) is 0. The second-order valence-electron chi connectivity index (χ2n) is 1.94. The minimum absolute atomic E-state index is 0.0262. The molecule has 1 atom stereocenters. The molecule has 1 heterocycles. The highest BCUT2D eigenvalue weighted by atomic mass is 32.7. The van der Waals surface area contributed by atoms with E-state index in [1.54, 1.807) is 5.29 Å². The Labute approximate surface area is 50.9 Å². The van der Waals surface area contributed by atoms with Crippen molar-refractivity contribution in [1.82, 2.24) is 0 Å². The summed E-state index contributed by atoms with van der Waals surface area (Å²) in [5, 5.41) is 1.59. The Hall–Kier alpha value is 0.520. The maximum atomic E-state index is 5.15. The van der Waals surface area contributed by atoms with Crippen LogP contribution in [0.25, 0.3) is 0 Å². The first-order valence-corrected chi connectivity index (χ1v) is 5.12. The molecule has 1 aliphatic rings. The molecule has 0 spiro atoms. The van der Waals surface area contributed by atoms with Gasteiger partial charge < -0.3 is 12.2 Å². The molecule has 0 aromatic carbocycles. The summed E-state index contributed by atoms with van der Waals surface area (Å²) in [6, 6.07) is 0. The molecule has 1 aliphatic heterocycles. The predicted molar refractivity (Wildman–Crippen MR) is 39.1 cm³/mol. The lowest BCUT2D eigenvalue weighted by atomic mass is 10.3. The summed E-state index contributed by atoms with van der Waals surface area (Å²) in [5.74, 6) is 0. The van der Waals surface area contributed by atoms with Gasteiger partial charge >= 0.3 is 0 Å². The largest absolute Gasteiger partial charge is 0.493 e. The average Bonchev–Trinajstić information content (AvgIpc) is 1.91. The molecule has 0 nitrogen and oxygen atoms in total. The molecule has 0 saturated carbocycles. The second kappa shape index (κ2) is 2.19. The first-order chi connectivity index (χ1) is 3.30. The highest BCUT2D eigenvalue weighted by Gasteiger charge is 2.09. The SMILES string of the molecule is CC1=[P+]([S-])CCC1. The van der Waals surface area contributed by atoms with Crippen molar-refractivity contribution in [3.8, 4) is 0 Å². The molecular weight excluding hydrogens is 123 g/mol. The van der Waals surface area contributed by atoms with Crippen LogP contribution >= 0.6 is 6.75 Å². The van der Waals surface area contributed by atoms with Crippen LogP contribution in [0.1, 0.15) is 19.8 Å². The van der Waals surface area contributed by atoms with Crippen molar-refractivity contribution in [3.63, 3.8) is 0 Å². The van der Waals surface area contributed by atoms with Crippen molar-refractivity contribution in [2.45, 2.75) is 19.8 Å². The van der Waals surface area contributed by atoms with E-state index in [9.17, 15) is 0 Å². The van der Waals surface area contributed by atoms with Gasteiger partial charge in [0.1, 0.15) is 0 Å². The predicted octanol–water partition coefficient (Wildman–Crippen LogP) is 1.92. The van der Waals surface area contributed by atoms with Crippen LogP contribution in [0.3, 0.4) is 0 Å². The molecule has 0 N–H and O–H groups in total. The Balaban J connectivity index is 2.64. The van der Waals surface area contributed by atoms with Crippen molar-refractivity contribution in [2.75, 3.05) is 6.16 Å². The van der Waals surface area contributed by atoms with Crippen LogP contribution in [-0.4, -0.2) is 11.5 Å². The third-order valence-electron chi connectivity index (χ3n) is 1.33. The highest BCUT2D eigenvalue weighted by molar-refractivity contribution is 8.32. The van der Waals surface area contributed by atoms with E-state index >= 15 is 0 Å².